The molecule has 0 aliphatic heterocycles. The molecule has 1 atom stereocenters. The maximum atomic E-state index is 14.9. The van der Waals surface area contributed by atoms with Crippen molar-refractivity contribution < 1.29 is 18.0 Å². The summed E-state index contributed by atoms with van der Waals surface area (Å²) >= 11 is 5.91. The Morgan fingerprint density at radius 3 is 2.41 bits per heavy atom. The van der Waals surface area contributed by atoms with Gasteiger partial charge in [-0.2, -0.15) is 0 Å². The molecule has 0 amide bonds. The Morgan fingerprint density at radius 2 is 1.84 bits per heavy atom. The number of halogens is 2. The maximum absolute atomic E-state index is 14.9. The Kier molecular flexibility index (Phi) is 7.16. The minimum absolute atomic E-state index is 0.0321. The van der Waals surface area contributed by atoms with Gasteiger partial charge in [0, 0.05) is 42.2 Å². The van der Waals surface area contributed by atoms with Crippen molar-refractivity contribution in [1.82, 2.24) is 4.57 Å². The van der Waals surface area contributed by atoms with Crippen LogP contribution in [0.1, 0.15) is 36.0 Å². The number of pyridine rings is 1. The number of hydrogen-bond donors (Lipinski definition) is 1. The van der Waals surface area contributed by atoms with Gasteiger partial charge in [0.15, 0.2) is 9.84 Å². The molecule has 32 heavy (non-hydrogen) atoms. The molecule has 0 aliphatic carbocycles. The lowest BCUT2D eigenvalue weighted by Crippen LogP contribution is -2.18. The summed E-state index contributed by atoms with van der Waals surface area (Å²) in [5.41, 5.74) is 1.46. The molecule has 1 aromatic heterocycles. The van der Waals surface area contributed by atoms with E-state index in [4.69, 9.17) is 11.6 Å². The summed E-state index contributed by atoms with van der Waals surface area (Å²) in [5, 5.41) is 13.3. The molecule has 1 unspecified atom stereocenters. The average Bonchev–Trinajstić information content (AvgIpc) is 2.77. The van der Waals surface area contributed by atoms with Crippen molar-refractivity contribution in [1.29, 1.82) is 0 Å². The first-order valence-corrected chi connectivity index (χ1v) is 11.8. The van der Waals surface area contributed by atoms with Crippen molar-refractivity contribution >= 4 is 27.1 Å². The molecule has 1 N–H and O–H groups in total. The molecule has 0 aliphatic rings. The van der Waals surface area contributed by atoms with Crippen LogP contribution >= 0.6 is 11.6 Å². The highest BCUT2D eigenvalue weighted by atomic mass is 35.5. The van der Waals surface area contributed by atoms with Gasteiger partial charge < -0.3 is 9.77 Å². The number of nitrogens with zero attached hydrogens (tertiary/aromatic N) is 2. The normalized spacial score (nSPS) is 13.2. The van der Waals surface area contributed by atoms with Crippen LogP contribution in [0.15, 0.2) is 75.6 Å². The van der Waals surface area contributed by atoms with Crippen molar-refractivity contribution in [3.63, 3.8) is 0 Å². The molecule has 9 heteroatoms. The molecule has 168 valence electrons. The van der Waals surface area contributed by atoms with Gasteiger partial charge in [0.2, 0.25) is 5.56 Å². The third kappa shape index (κ3) is 5.08. The van der Waals surface area contributed by atoms with Gasteiger partial charge in [-0.05, 0) is 41.5 Å². The molecule has 3 rings (SSSR count). The number of sulfone groups is 1. The Hall–Kier alpha value is -2.97. The topological polar surface area (TPSA) is 88.7 Å². The van der Waals surface area contributed by atoms with Crippen molar-refractivity contribution in [3.8, 4) is 0 Å². The quantitative estimate of drug-likeness (QED) is 0.311. The number of rotatable bonds is 7. The summed E-state index contributed by atoms with van der Waals surface area (Å²) in [6.07, 6.45) is 1.62. The van der Waals surface area contributed by atoms with Gasteiger partial charge in [-0.25, -0.2) is 12.8 Å². The van der Waals surface area contributed by atoms with Crippen LogP contribution in [0.3, 0.4) is 0 Å². The lowest BCUT2D eigenvalue weighted by molar-refractivity contribution is 0.317. The minimum Gasteiger partial charge on any atom is -0.411 e. The number of benzene rings is 2. The van der Waals surface area contributed by atoms with Crippen LogP contribution in [0, 0.1) is 5.82 Å². The third-order valence-corrected chi connectivity index (χ3v) is 7.28. The molecule has 0 saturated carbocycles. The first kappa shape index (κ1) is 23.7. The fourth-order valence-corrected chi connectivity index (χ4v) is 4.48. The average molecular weight is 477 g/mol. The Balaban J connectivity index is 2.08. The zero-order chi connectivity index (χ0) is 23.5. The zero-order valence-corrected chi connectivity index (χ0v) is 19.1. The number of aromatic nitrogens is 1. The Morgan fingerprint density at radius 1 is 1.16 bits per heavy atom. The molecule has 0 radical (unpaired) electrons. The molecule has 2 aromatic carbocycles. The second-order valence-electron chi connectivity index (χ2n) is 7.31. The van der Waals surface area contributed by atoms with Crippen LogP contribution in [0.25, 0.3) is 0 Å². The first-order valence-electron chi connectivity index (χ1n) is 9.82. The summed E-state index contributed by atoms with van der Waals surface area (Å²) in [4.78, 5) is 11.9. The fraction of sp³-hybridized carbons (Fsp3) is 0.217. The summed E-state index contributed by atoms with van der Waals surface area (Å²) < 4.78 is 40.5. The van der Waals surface area contributed by atoms with E-state index < -0.39 is 21.6 Å². The standard InChI is InChI=1S/C23H22ClFN2O4S/c1-3-32(30,31)18-8-4-15(5-9-18)20(19-10-7-17(24)12-21(19)25)13-22(26-29)16-6-11-23(28)27(2)14-16/h4-12,14,20,29H,3,13H2,1-2H3/b26-22+. The number of hydrogen-bond acceptors (Lipinski definition) is 5. The van der Waals surface area contributed by atoms with Crippen LogP contribution in [0.5, 0.6) is 0 Å². The molecule has 0 fully saturated rings. The summed E-state index contributed by atoms with van der Waals surface area (Å²) in [5.74, 6) is -1.17. The second-order valence-corrected chi connectivity index (χ2v) is 10.0. The number of aryl methyl sites for hydroxylation is 1. The van der Waals surface area contributed by atoms with Crippen LogP contribution in [-0.2, 0) is 16.9 Å². The molecule has 3 aromatic rings. The number of oxime groups is 1. The summed E-state index contributed by atoms with van der Waals surface area (Å²) in [6.45, 7) is 1.56. The maximum Gasteiger partial charge on any atom is 0.250 e. The van der Waals surface area contributed by atoms with Gasteiger partial charge in [0.1, 0.15) is 5.82 Å². The highest BCUT2D eigenvalue weighted by molar-refractivity contribution is 7.91. The van der Waals surface area contributed by atoms with E-state index in [9.17, 15) is 22.8 Å². The highest BCUT2D eigenvalue weighted by Gasteiger charge is 2.23. The van der Waals surface area contributed by atoms with Gasteiger partial charge >= 0.3 is 0 Å². The molecule has 0 saturated heterocycles. The van der Waals surface area contributed by atoms with Gasteiger partial charge in [0.25, 0.3) is 0 Å². The SMILES string of the molecule is CCS(=O)(=O)c1ccc(C(C/C(=N\O)c2ccc(=O)n(C)c2)c2ccc(Cl)cc2F)cc1. The van der Waals surface area contributed by atoms with E-state index in [1.165, 1.54) is 41.1 Å². The molecular weight excluding hydrogens is 455 g/mol. The summed E-state index contributed by atoms with van der Waals surface area (Å²) in [7, 11) is -1.81. The lowest BCUT2D eigenvalue weighted by Gasteiger charge is -2.20. The monoisotopic (exact) mass is 476 g/mol. The second kappa shape index (κ2) is 9.67. The van der Waals surface area contributed by atoms with E-state index >= 15 is 0 Å². The van der Waals surface area contributed by atoms with Gasteiger partial charge in [-0.3, -0.25) is 4.79 Å². The van der Waals surface area contributed by atoms with Gasteiger partial charge in [-0.1, -0.05) is 41.9 Å². The largest absolute Gasteiger partial charge is 0.411 e. The molecule has 6 nitrogen and oxygen atoms in total. The van der Waals surface area contributed by atoms with Crippen molar-refractivity contribution in [3.05, 3.63) is 98.7 Å². The van der Waals surface area contributed by atoms with Gasteiger partial charge in [0.05, 0.1) is 16.4 Å². The van der Waals surface area contributed by atoms with Crippen molar-refractivity contribution in [2.24, 2.45) is 12.2 Å². The molecule has 1 heterocycles. The van der Waals surface area contributed by atoms with Crippen LogP contribution in [0.2, 0.25) is 5.02 Å². The zero-order valence-electron chi connectivity index (χ0n) is 17.5. The highest BCUT2D eigenvalue weighted by Crippen LogP contribution is 2.33. The molecule has 0 bridgehead atoms. The van der Waals surface area contributed by atoms with Crippen molar-refractivity contribution in [2.45, 2.75) is 24.2 Å². The van der Waals surface area contributed by atoms with E-state index in [1.807, 2.05) is 0 Å². The van der Waals surface area contributed by atoms with Crippen LogP contribution < -0.4 is 5.56 Å². The predicted molar refractivity (Wildman–Crippen MR) is 122 cm³/mol. The predicted octanol–water partition coefficient (Wildman–Crippen LogP) is 4.37. The van der Waals surface area contributed by atoms with E-state index in [2.05, 4.69) is 5.16 Å². The minimum atomic E-state index is -3.39. The fourth-order valence-electron chi connectivity index (χ4n) is 3.44. The lowest BCUT2D eigenvalue weighted by atomic mass is 9.85. The Bertz CT molecular complexity index is 1320. The van der Waals surface area contributed by atoms with E-state index in [1.54, 1.807) is 38.2 Å². The van der Waals surface area contributed by atoms with Crippen LogP contribution in [-0.4, -0.2) is 29.7 Å². The Labute approximate surface area is 190 Å². The first-order chi connectivity index (χ1) is 15.2. The van der Waals surface area contributed by atoms with E-state index in [-0.39, 0.29) is 33.4 Å². The molecular formula is C23H22ClFN2O4S. The molecule has 0 spiro atoms. The summed E-state index contributed by atoms with van der Waals surface area (Å²) in [6, 6.07) is 13.4. The van der Waals surface area contributed by atoms with E-state index in [0.717, 1.165) is 0 Å². The smallest absolute Gasteiger partial charge is 0.250 e. The van der Waals surface area contributed by atoms with Gasteiger partial charge in [-0.15, -0.1) is 0 Å². The van der Waals surface area contributed by atoms with Crippen LogP contribution in [0.4, 0.5) is 4.39 Å². The third-order valence-electron chi connectivity index (χ3n) is 5.30. The van der Waals surface area contributed by atoms with Crippen molar-refractivity contribution in [2.75, 3.05) is 5.75 Å². The van der Waals surface area contributed by atoms with E-state index in [0.29, 0.717) is 16.7 Å².